The highest BCUT2D eigenvalue weighted by Gasteiger charge is 2.55. The minimum Gasteiger partial charge on any atom is -0.421 e. The third kappa shape index (κ3) is 4.95. The van der Waals surface area contributed by atoms with Crippen LogP contribution in [0.1, 0.15) is 48.8 Å². The molecule has 7 nitrogen and oxygen atoms in total. The van der Waals surface area contributed by atoms with E-state index in [1.807, 2.05) is 31.2 Å². The summed E-state index contributed by atoms with van der Waals surface area (Å²) in [6, 6.07) is 12.9. The first-order valence-electron chi connectivity index (χ1n) is 10.6. The highest BCUT2D eigenvalue weighted by atomic mass is 35.5. The highest BCUT2D eigenvalue weighted by molar-refractivity contribution is 6.42. The van der Waals surface area contributed by atoms with Gasteiger partial charge in [-0.25, -0.2) is 9.59 Å². The number of carbonyl (C=O) groups excluding carboxylic acids is 2. The van der Waals surface area contributed by atoms with Crippen LogP contribution in [0.2, 0.25) is 10.0 Å². The number of ether oxygens (including phenoxy) is 1. The Morgan fingerprint density at radius 2 is 1.75 bits per heavy atom. The molecule has 2 aromatic carbocycles. The van der Waals surface area contributed by atoms with E-state index in [2.05, 4.69) is 5.32 Å². The fraction of sp³-hybridized carbons (Fsp3) is 0.391. The number of hydrogen-bond acceptors (Lipinski definition) is 5. The van der Waals surface area contributed by atoms with Gasteiger partial charge in [0.2, 0.25) is 5.72 Å². The lowest BCUT2D eigenvalue weighted by Crippen LogP contribution is -2.53. The first-order valence-corrected chi connectivity index (χ1v) is 11.4. The van der Waals surface area contributed by atoms with Crippen LogP contribution in [0.5, 0.6) is 0 Å². The van der Waals surface area contributed by atoms with Crippen LogP contribution in [0.25, 0.3) is 0 Å². The van der Waals surface area contributed by atoms with Crippen LogP contribution in [0.15, 0.2) is 42.5 Å². The lowest BCUT2D eigenvalue weighted by molar-refractivity contribution is -0.300. The fourth-order valence-electron chi connectivity index (χ4n) is 4.01. The molecule has 1 saturated carbocycles. The average Bonchev–Trinajstić information content (AvgIpc) is 3.01. The van der Waals surface area contributed by atoms with Crippen LogP contribution in [-0.4, -0.2) is 28.1 Å². The van der Waals surface area contributed by atoms with Crippen LogP contribution in [-0.2, 0) is 22.7 Å². The molecule has 2 aliphatic rings. The summed E-state index contributed by atoms with van der Waals surface area (Å²) in [7, 11) is 0. The monoisotopic (exact) mass is 477 g/mol. The molecule has 0 aromatic heterocycles. The Kier molecular flexibility index (Phi) is 6.79. The Labute approximate surface area is 197 Å². The molecule has 0 atom stereocenters. The summed E-state index contributed by atoms with van der Waals surface area (Å²) in [4.78, 5) is 31.1. The van der Waals surface area contributed by atoms with Crippen molar-refractivity contribution in [3.63, 3.8) is 0 Å². The maximum atomic E-state index is 12.8. The Morgan fingerprint density at radius 3 is 2.44 bits per heavy atom. The van der Waals surface area contributed by atoms with Gasteiger partial charge in [0, 0.05) is 24.6 Å². The minimum atomic E-state index is -0.971. The van der Waals surface area contributed by atoms with Crippen LogP contribution in [0.3, 0.4) is 0 Å². The van der Waals surface area contributed by atoms with Crippen molar-refractivity contribution in [2.24, 2.45) is 0 Å². The zero-order chi connectivity index (χ0) is 22.7. The number of carbonyl (C=O) groups is 2. The van der Waals surface area contributed by atoms with Crippen LogP contribution in [0.4, 0.5) is 9.59 Å². The van der Waals surface area contributed by atoms with E-state index in [-0.39, 0.29) is 13.1 Å². The molecule has 1 aliphatic carbocycles. The number of nitrogens with one attached hydrogen (secondary N) is 1. The number of amides is 2. The zero-order valence-electron chi connectivity index (χ0n) is 17.8. The van der Waals surface area contributed by atoms with Gasteiger partial charge in [-0.2, -0.15) is 5.01 Å². The Balaban J connectivity index is 1.49. The molecule has 4 rings (SSSR count). The molecule has 1 aliphatic heterocycles. The maximum absolute atomic E-state index is 12.8. The van der Waals surface area contributed by atoms with Gasteiger partial charge >= 0.3 is 12.2 Å². The summed E-state index contributed by atoms with van der Waals surface area (Å²) in [6.07, 6.45) is 2.81. The van der Waals surface area contributed by atoms with E-state index in [0.717, 1.165) is 36.0 Å². The van der Waals surface area contributed by atoms with E-state index in [1.54, 1.807) is 18.2 Å². The van der Waals surface area contributed by atoms with Gasteiger partial charge in [0.15, 0.2) is 0 Å². The third-order valence-corrected chi connectivity index (χ3v) is 6.47. The van der Waals surface area contributed by atoms with Crippen molar-refractivity contribution >= 4 is 35.4 Å². The fourth-order valence-corrected chi connectivity index (χ4v) is 4.33. The third-order valence-electron chi connectivity index (χ3n) is 5.73. The van der Waals surface area contributed by atoms with E-state index in [0.29, 0.717) is 22.9 Å². The Morgan fingerprint density at radius 1 is 1.06 bits per heavy atom. The second-order valence-electron chi connectivity index (χ2n) is 8.17. The van der Waals surface area contributed by atoms with Gasteiger partial charge in [-0.15, -0.1) is 0 Å². The number of benzene rings is 2. The molecule has 1 heterocycles. The lowest BCUT2D eigenvalue weighted by Gasteiger charge is -2.37. The van der Waals surface area contributed by atoms with Crippen LogP contribution >= 0.6 is 23.2 Å². The van der Waals surface area contributed by atoms with E-state index in [4.69, 9.17) is 32.8 Å². The topological polar surface area (TPSA) is 71.1 Å². The number of rotatable bonds is 5. The summed E-state index contributed by atoms with van der Waals surface area (Å²) in [6.45, 7) is 2.43. The van der Waals surface area contributed by atoms with Crippen LogP contribution < -0.4 is 5.32 Å². The van der Waals surface area contributed by atoms with Gasteiger partial charge in [-0.3, -0.25) is 0 Å². The van der Waals surface area contributed by atoms with Crippen molar-refractivity contribution in [2.45, 2.75) is 57.8 Å². The molecule has 9 heteroatoms. The molecule has 32 heavy (non-hydrogen) atoms. The van der Waals surface area contributed by atoms with Crippen molar-refractivity contribution in [1.82, 2.24) is 15.5 Å². The highest BCUT2D eigenvalue weighted by Crippen LogP contribution is 2.41. The standard InChI is InChI=1S/C23H25Cl2N3O4/c1-16-5-7-17(8-6-16)15-27-22(30)31-23(11-3-2-4-12-23)28(27)32-21(29)26-14-18-9-10-19(24)20(25)13-18/h5-10,13H,2-4,11-12,14-15H2,1H3,(H,26,29). The van der Waals surface area contributed by atoms with Crippen molar-refractivity contribution in [3.05, 3.63) is 69.2 Å². The maximum Gasteiger partial charge on any atom is 0.429 e. The number of hydrogen-bond donors (Lipinski definition) is 1. The second kappa shape index (κ2) is 9.57. The van der Waals surface area contributed by atoms with Gasteiger partial charge in [0.1, 0.15) is 0 Å². The van der Waals surface area contributed by atoms with Crippen LogP contribution in [0, 0.1) is 6.92 Å². The minimum absolute atomic E-state index is 0.198. The predicted molar refractivity (Wildman–Crippen MR) is 121 cm³/mol. The van der Waals surface area contributed by atoms with E-state index < -0.39 is 17.9 Å². The number of nitrogens with zero attached hydrogens (tertiary/aromatic N) is 2. The SMILES string of the molecule is Cc1ccc(CN2C(=O)OC3(CCCCC3)N2OC(=O)NCc2ccc(Cl)c(Cl)c2)cc1. The second-order valence-corrected chi connectivity index (χ2v) is 8.99. The molecular weight excluding hydrogens is 453 g/mol. The number of hydroxylamine groups is 1. The van der Waals surface area contributed by atoms with Gasteiger partial charge in [-0.1, -0.05) is 65.5 Å². The summed E-state index contributed by atoms with van der Waals surface area (Å²) in [5.74, 6) is 0. The van der Waals surface area contributed by atoms with E-state index in [9.17, 15) is 9.59 Å². The molecule has 0 radical (unpaired) electrons. The first kappa shape index (κ1) is 22.7. The van der Waals surface area contributed by atoms with Gasteiger partial charge in [0.25, 0.3) is 0 Å². The van der Waals surface area contributed by atoms with Crippen molar-refractivity contribution in [1.29, 1.82) is 0 Å². The molecule has 2 aromatic rings. The summed E-state index contributed by atoms with van der Waals surface area (Å²) < 4.78 is 5.78. The average molecular weight is 478 g/mol. The molecule has 1 saturated heterocycles. The van der Waals surface area contributed by atoms with E-state index >= 15 is 0 Å². The predicted octanol–water partition coefficient (Wildman–Crippen LogP) is 5.97. The lowest BCUT2D eigenvalue weighted by atomic mass is 9.92. The molecule has 0 bridgehead atoms. The first-order chi connectivity index (χ1) is 15.4. The Hall–Kier alpha value is -2.48. The van der Waals surface area contributed by atoms with Crippen molar-refractivity contribution < 1.29 is 19.2 Å². The summed E-state index contributed by atoms with van der Waals surface area (Å²) in [5.41, 5.74) is 1.83. The Bertz CT molecular complexity index is 993. The molecular formula is C23H25Cl2N3O4. The van der Waals surface area contributed by atoms with Gasteiger partial charge in [-0.05, 0) is 43.0 Å². The number of halogens is 2. The van der Waals surface area contributed by atoms with Crippen molar-refractivity contribution in [3.8, 4) is 0 Å². The quantitative estimate of drug-likeness (QED) is 0.573. The zero-order valence-corrected chi connectivity index (χ0v) is 19.3. The summed E-state index contributed by atoms with van der Waals surface area (Å²) in [5, 5.41) is 6.24. The molecule has 0 unspecified atom stereocenters. The molecule has 2 fully saturated rings. The largest absolute Gasteiger partial charge is 0.429 e. The van der Waals surface area contributed by atoms with E-state index in [1.165, 1.54) is 10.2 Å². The number of aryl methyl sites for hydroxylation is 1. The normalized spacial score (nSPS) is 18.0. The number of hydrazine groups is 1. The molecule has 1 spiro atoms. The molecule has 1 N–H and O–H groups in total. The summed E-state index contributed by atoms with van der Waals surface area (Å²) >= 11 is 12.0. The van der Waals surface area contributed by atoms with Gasteiger partial charge < -0.3 is 14.9 Å². The molecule has 2 amide bonds. The van der Waals surface area contributed by atoms with Gasteiger partial charge in [0.05, 0.1) is 16.6 Å². The molecule has 170 valence electrons. The smallest absolute Gasteiger partial charge is 0.421 e. The van der Waals surface area contributed by atoms with Crippen molar-refractivity contribution in [2.75, 3.05) is 0 Å².